The number of carbonyl (C=O) groups excluding carboxylic acids is 1. The molecule has 0 aromatic heterocycles. The average molecular weight is 338 g/mol. The molecule has 6 heteroatoms. The normalized spacial score (nSPS) is 13.3. The van der Waals surface area contributed by atoms with Gasteiger partial charge in [-0.1, -0.05) is 39.2 Å². The number of unbranched alkanes of at least 4 members (excludes halogenated alkanes) is 1. The zero-order chi connectivity index (χ0) is 17.9. The summed E-state index contributed by atoms with van der Waals surface area (Å²) in [6.07, 6.45) is 4.03. The maximum Gasteiger partial charge on any atom is 0.321 e. The molecular weight excluding hydrogens is 311 g/mol. The number of benzene rings is 1. The van der Waals surface area contributed by atoms with E-state index in [0.29, 0.717) is 18.2 Å². The Balaban J connectivity index is 2.52. The van der Waals surface area contributed by atoms with Crippen LogP contribution in [0.5, 0.6) is 0 Å². The summed E-state index contributed by atoms with van der Waals surface area (Å²) >= 11 is 0. The summed E-state index contributed by atoms with van der Waals surface area (Å²) in [6.45, 7) is 4.77. The highest BCUT2D eigenvalue weighted by atomic mass is 19.1. The minimum absolute atomic E-state index is 0.198. The molecule has 24 heavy (non-hydrogen) atoms. The molecule has 0 spiro atoms. The number of aliphatic carboxylic acids is 1. The van der Waals surface area contributed by atoms with Gasteiger partial charge in [0, 0.05) is 5.69 Å². The molecule has 0 fully saturated rings. The maximum atomic E-state index is 13.1. The van der Waals surface area contributed by atoms with Crippen LogP contribution in [-0.4, -0.2) is 29.6 Å². The predicted molar refractivity (Wildman–Crippen MR) is 92.4 cm³/mol. The number of rotatable bonds is 11. The molecule has 134 valence electrons. The first-order valence-electron chi connectivity index (χ1n) is 8.47. The van der Waals surface area contributed by atoms with Crippen LogP contribution in [0, 0.1) is 11.7 Å². The molecule has 5 nitrogen and oxygen atoms in total. The third-order valence-corrected chi connectivity index (χ3v) is 3.99. The van der Waals surface area contributed by atoms with E-state index >= 15 is 0 Å². The summed E-state index contributed by atoms with van der Waals surface area (Å²) in [4.78, 5) is 23.3. The Morgan fingerprint density at radius 2 is 2.04 bits per heavy atom. The Morgan fingerprint density at radius 1 is 1.29 bits per heavy atom. The van der Waals surface area contributed by atoms with Crippen molar-refractivity contribution in [3.8, 4) is 0 Å². The van der Waals surface area contributed by atoms with E-state index in [9.17, 15) is 19.1 Å². The highest BCUT2D eigenvalue weighted by molar-refractivity contribution is 5.94. The van der Waals surface area contributed by atoms with E-state index in [0.717, 1.165) is 25.7 Å². The molecule has 1 aromatic rings. The van der Waals surface area contributed by atoms with Gasteiger partial charge in [-0.3, -0.25) is 9.59 Å². The van der Waals surface area contributed by atoms with Crippen LogP contribution in [0.4, 0.5) is 10.1 Å². The number of hydrogen-bond acceptors (Lipinski definition) is 3. The Hall–Kier alpha value is -1.95. The monoisotopic (exact) mass is 338 g/mol. The van der Waals surface area contributed by atoms with Gasteiger partial charge in [0.15, 0.2) is 0 Å². The van der Waals surface area contributed by atoms with Gasteiger partial charge in [0.05, 0.1) is 6.42 Å². The van der Waals surface area contributed by atoms with Gasteiger partial charge in [0.2, 0.25) is 5.91 Å². The lowest BCUT2D eigenvalue weighted by atomic mass is 9.99. The molecular formula is C18H27FN2O3. The van der Waals surface area contributed by atoms with Gasteiger partial charge in [-0.25, -0.2) is 4.39 Å². The number of amides is 1. The number of carboxylic acid groups (broad SMARTS) is 1. The first-order valence-corrected chi connectivity index (χ1v) is 8.47. The van der Waals surface area contributed by atoms with E-state index in [1.165, 1.54) is 18.2 Å². The molecule has 2 unspecified atom stereocenters. The lowest BCUT2D eigenvalue weighted by Crippen LogP contribution is -2.42. The summed E-state index contributed by atoms with van der Waals surface area (Å²) in [7, 11) is 0. The van der Waals surface area contributed by atoms with Gasteiger partial charge in [-0.05, 0) is 37.1 Å². The van der Waals surface area contributed by atoms with Crippen LogP contribution in [0.1, 0.15) is 46.0 Å². The van der Waals surface area contributed by atoms with Crippen LogP contribution in [0.15, 0.2) is 24.3 Å². The third kappa shape index (κ3) is 7.55. The van der Waals surface area contributed by atoms with E-state index in [-0.39, 0.29) is 6.42 Å². The summed E-state index contributed by atoms with van der Waals surface area (Å²) in [6, 6.07) is 4.56. The number of nitrogens with one attached hydrogen (secondary N) is 2. The SMILES string of the molecule is CCCCC(CC)CNC(CC(=O)Nc1cccc(F)c1)C(=O)O. The largest absolute Gasteiger partial charge is 0.480 e. The third-order valence-electron chi connectivity index (χ3n) is 3.99. The fraction of sp³-hybridized carbons (Fsp3) is 0.556. The van der Waals surface area contributed by atoms with Gasteiger partial charge < -0.3 is 15.7 Å². The first-order chi connectivity index (χ1) is 11.5. The van der Waals surface area contributed by atoms with Crippen molar-refractivity contribution in [2.75, 3.05) is 11.9 Å². The van der Waals surface area contributed by atoms with Gasteiger partial charge in [-0.15, -0.1) is 0 Å². The van der Waals surface area contributed by atoms with Crippen molar-refractivity contribution in [2.24, 2.45) is 5.92 Å². The van der Waals surface area contributed by atoms with Crippen molar-refractivity contribution in [3.63, 3.8) is 0 Å². The van der Waals surface area contributed by atoms with Gasteiger partial charge in [0.1, 0.15) is 11.9 Å². The minimum atomic E-state index is -1.06. The molecule has 3 N–H and O–H groups in total. The van der Waals surface area contributed by atoms with Crippen molar-refractivity contribution in [2.45, 2.75) is 52.0 Å². The zero-order valence-corrected chi connectivity index (χ0v) is 14.3. The number of hydrogen-bond donors (Lipinski definition) is 3. The lowest BCUT2D eigenvalue weighted by molar-refractivity contribution is -0.141. The average Bonchev–Trinajstić information content (AvgIpc) is 2.53. The summed E-state index contributed by atoms with van der Waals surface area (Å²) in [5, 5.41) is 14.8. The Labute approximate surface area is 142 Å². The number of carbonyl (C=O) groups is 2. The van der Waals surface area contributed by atoms with Gasteiger partial charge >= 0.3 is 5.97 Å². The summed E-state index contributed by atoms with van der Waals surface area (Å²) in [5.41, 5.74) is 0.318. The molecule has 0 aliphatic carbocycles. The highest BCUT2D eigenvalue weighted by Gasteiger charge is 2.22. The standard InChI is InChI=1S/C18H27FN2O3/c1-3-5-7-13(4-2)12-20-16(18(23)24)11-17(22)21-15-9-6-8-14(19)10-15/h6,8-10,13,16,20H,3-5,7,11-12H2,1-2H3,(H,21,22)(H,23,24). The summed E-state index contributed by atoms with van der Waals surface area (Å²) in [5.74, 6) is -1.57. The fourth-order valence-corrected chi connectivity index (χ4v) is 2.46. The van der Waals surface area contributed by atoms with Crippen LogP contribution in [0.3, 0.4) is 0 Å². The molecule has 1 amide bonds. The second-order valence-corrected chi connectivity index (χ2v) is 5.98. The zero-order valence-electron chi connectivity index (χ0n) is 14.3. The molecule has 0 saturated carbocycles. The van der Waals surface area contributed by atoms with Crippen LogP contribution >= 0.6 is 0 Å². The van der Waals surface area contributed by atoms with Crippen molar-refractivity contribution >= 4 is 17.6 Å². The number of halogens is 1. The predicted octanol–water partition coefficient (Wildman–Crippen LogP) is 3.41. The van der Waals surface area contributed by atoms with Gasteiger partial charge in [0.25, 0.3) is 0 Å². The molecule has 0 aliphatic rings. The topological polar surface area (TPSA) is 78.4 Å². The van der Waals surface area contributed by atoms with Crippen molar-refractivity contribution in [1.29, 1.82) is 0 Å². The smallest absolute Gasteiger partial charge is 0.321 e. The second-order valence-electron chi connectivity index (χ2n) is 5.98. The molecule has 0 radical (unpaired) electrons. The Morgan fingerprint density at radius 3 is 2.62 bits per heavy atom. The van der Waals surface area contributed by atoms with Crippen molar-refractivity contribution < 1.29 is 19.1 Å². The maximum absolute atomic E-state index is 13.1. The Kier molecular flexibility index (Phi) is 9.01. The van der Waals surface area contributed by atoms with E-state index in [1.54, 1.807) is 6.07 Å². The second kappa shape index (κ2) is 10.8. The Bertz CT molecular complexity index is 537. The van der Waals surface area contributed by atoms with Crippen LogP contribution in [0.2, 0.25) is 0 Å². The highest BCUT2D eigenvalue weighted by Crippen LogP contribution is 2.13. The van der Waals surface area contributed by atoms with Crippen LogP contribution in [-0.2, 0) is 9.59 Å². The lowest BCUT2D eigenvalue weighted by Gasteiger charge is -2.19. The number of anilines is 1. The quantitative estimate of drug-likeness (QED) is 0.578. The molecule has 1 rings (SSSR count). The van der Waals surface area contributed by atoms with Crippen LogP contribution < -0.4 is 10.6 Å². The molecule has 0 aliphatic heterocycles. The van der Waals surface area contributed by atoms with Crippen LogP contribution in [0.25, 0.3) is 0 Å². The number of carboxylic acids is 1. The molecule has 2 atom stereocenters. The first kappa shape index (κ1) is 20.1. The van der Waals surface area contributed by atoms with E-state index in [2.05, 4.69) is 24.5 Å². The minimum Gasteiger partial charge on any atom is -0.480 e. The van der Waals surface area contributed by atoms with E-state index < -0.39 is 23.7 Å². The van der Waals surface area contributed by atoms with E-state index in [4.69, 9.17) is 0 Å². The fourth-order valence-electron chi connectivity index (χ4n) is 2.46. The van der Waals surface area contributed by atoms with Gasteiger partial charge in [-0.2, -0.15) is 0 Å². The van der Waals surface area contributed by atoms with Crippen molar-refractivity contribution in [3.05, 3.63) is 30.1 Å². The summed E-state index contributed by atoms with van der Waals surface area (Å²) < 4.78 is 13.1. The molecule has 0 bridgehead atoms. The molecule has 1 aromatic carbocycles. The van der Waals surface area contributed by atoms with E-state index in [1.807, 2.05) is 0 Å². The molecule has 0 saturated heterocycles. The molecule has 0 heterocycles. The van der Waals surface area contributed by atoms with Crippen molar-refractivity contribution in [1.82, 2.24) is 5.32 Å².